The van der Waals surface area contributed by atoms with E-state index in [0.29, 0.717) is 54.3 Å². The smallest absolute Gasteiger partial charge is 0.416 e. The van der Waals surface area contributed by atoms with Crippen LogP contribution < -0.4 is 15.1 Å². The average molecular weight is 558 g/mol. The second-order valence-electron chi connectivity index (χ2n) is 8.99. The maximum Gasteiger partial charge on any atom is 0.416 e. The van der Waals surface area contributed by atoms with E-state index in [2.05, 4.69) is 15.2 Å². The molecule has 204 valence electrons. The van der Waals surface area contributed by atoms with Crippen LogP contribution >= 0.6 is 11.8 Å². The highest BCUT2D eigenvalue weighted by Crippen LogP contribution is 2.32. The normalized spacial score (nSPS) is 14.1. The van der Waals surface area contributed by atoms with Crippen molar-refractivity contribution in [3.8, 4) is 0 Å². The molecule has 3 aromatic heterocycles. The minimum atomic E-state index is -4.37. The first-order chi connectivity index (χ1) is 18.7. The Morgan fingerprint density at radius 3 is 2.54 bits per heavy atom. The van der Waals surface area contributed by atoms with Crippen LogP contribution in [0, 0.1) is 6.92 Å². The molecule has 39 heavy (non-hydrogen) atoms. The Hall–Kier alpha value is -3.93. The minimum absolute atomic E-state index is 0.210. The summed E-state index contributed by atoms with van der Waals surface area (Å²) in [6, 6.07) is 14.2. The predicted molar refractivity (Wildman–Crippen MR) is 141 cm³/mol. The number of nitrogens with zero attached hydrogens (tertiary/aromatic N) is 4. The minimum Gasteiger partial charge on any atom is -0.467 e. The van der Waals surface area contributed by atoms with Crippen molar-refractivity contribution < 1.29 is 26.8 Å². The Labute approximate surface area is 227 Å². The highest BCUT2D eigenvalue weighted by Gasteiger charge is 2.31. The molecule has 12 heteroatoms. The molecule has 0 saturated carbocycles. The quantitative estimate of drug-likeness (QED) is 0.223. The summed E-state index contributed by atoms with van der Waals surface area (Å²) in [5.41, 5.74) is 0.723. The topological polar surface area (TPSA) is 87.6 Å². The monoisotopic (exact) mass is 557 g/mol. The van der Waals surface area contributed by atoms with E-state index in [1.54, 1.807) is 36.6 Å². The van der Waals surface area contributed by atoms with Crippen molar-refractivity contribution in [3.63, 3.8) is 0 Å². The number of hydrogen-bond donors (Lipinski definition) is 1. The fraction of sp³-hybridized carbons (Fsp3) is 0.296. The molecule has 0 aliphatic carbocycles. The number of piperazine rings is 1. The van der Waals surface area contributed by atoms with Gasteiger partial charge in [-0.15, -0.1) is 0 Å². The van der Waals surface area contributed by atoms with Gasteiger partial charge in [0.05, 0.1) is 24.1 Å². The van der Waals surface area contributed by atoms with Crippen molar-refractivity contribution in [2.24, 2.45) is 0 Å². The molecule has 1 aliphatic rings. The van der Waals surface area contributed by atoms with Crippen LogP contribution in [0.4, 0.5) is 24.7 Å². The summed E-state index contributed by atoms with van der Waals surface area (Å²) < 4.78 is 50.2. The van der Waals surface area contributed by atoms with Crippen molar-refractivity contribution in [3.05, 3.63) is 89.4 Å². The van der Waals surface area contributed by atoms with Crippen LogP contribution in [0.3, 0.4) is 0 Å². The van der Waals surface area contributed by atoms with Gasteiger partial charge in [-0.1, -0.05) is 17.8 Å². The van der Waals surface area contributed by atoms with Gasteiger partial charge in [-0.25, -0.2) is 9.97 Å². The highest BCUT2D eigenvalue weighted by molar-refractivity contribution is 7.98. The van der Waals surface area contributed by atoms with Crippen LogP contribution in [0.5, 0.6) is 0 Å². The summed E-state index contributed by atoms with van der Waals surface area (Å²) >= 11 is 1.40. The van der Waals surface area contributed by atoms with E-state index in [4.69, 9.17) is 13.8 Å². The zero-order chi connectivity index (χ0) is 27.4. The van der Waals surface area contributed by atoms with Crippen molar-refractivity contribution >= 4 is 29.2 Å². The molecule has 1 aliphatic heterocycles. The lowest BCUT2D eigenvalue weighted by Gasteiger charge is -2.37. The van der Waals surface area contributed by atoms with Gasteiger partial charge in [-0.3, -0.25) is 4.79 Å². The van der Waals surface area contributed by atoms with E-state index >= 15 is 0 Å². The van der Waals surface area contributed by atoms with Crippen molar-refractivity contribution in [2.45, 2.75) is 30.6 Å². The third-order valence-corrected chi connectivity index (χ3v) is 7.06. The summed E-state index contributed by atoms with van der Waals surface area (Å²) in [7, 11) is 0. The maximum absolute atomic E-state index is 13.1. The summed E-state index contributed by atoms with van der Waals surface area (Å²) in [6.45, 7) is 4.54. The molecule has 0 unspecified atom stereocenters. The number of halogens is 3. The number of rotatable bonds is 8. The van der Waals surface area contributed by atoms with Crippen molar-refractivity contribution in [1.82, 2.24) is 15.3 Å². The fourth-order valence-corrected chi connectivity index (χ4v) is 5.00. The molecule has 5 rings (SSSR count). The lowest BCUT2D eigenvalue weighted by molar-refractivity contribution is -0.137. The Bertz CT molecular complexity index is 1420. The van der Waals surface area contributed by atoms with E-state index in [1.165, 1.54) is 23.9 Å². The number of carbonyl (C=O) groups excluding carboxylic acids is 1. The molecule has 0 radical (unpaired) electrons. The van der Waals surface area contributed by atoms with Crippen molar-refractivity contribution in [1.29, 1.82) is 0 Å². The van der Waals surface area contributed by atoms with Crippen LogP contribution in [0.25, 0.3) is 0 Å². The maximum atomic E-state index is 13.1. The van der Waals surface area contributed by atoms with Gasteiger partial charge < -0.3 is 24.0 Å². The first kappa shape index (κ1) is 26.7. The number of furan rings is 2. The lowest BCUT2D eigenvalue weighted by atomic mass is 10.1. The fourth-order valence-electron chi connectivity index (χ4n) is 4.21. The van der Waals surface area contributed by atoms with E-state index < -0.39 is 11.7 Å². The van der Waals surface area contributed by atoms with Gasteiger partial charge in [-0.2, -0.15) is 13.2 Å². The number of thioether (sulfide) groups is 1. The zero-order valence-electron chi connectivity index (χ0n) is 21.1. The summed E-state index contributed by atoms with van der Waals surface area (Å²) in [5.74, 6) is 2.35. The molecule has 1 fully saturated rings. The van der Waals surface area contributed by atoms with Crippen LogP contribution in [-0.4, -0.2) is 42.1 Å². The van der Waals surface area contributed by atoms with Crippen LogP contribution in [0.1, 0.15) is 33.3 Å². The SMILES string of the molecule is Cc1cc(N2CCN(c3cccc(C(F)(F)F)c3)CC2)nc(SCc2ccc(C(=O)NCc3ccco3)o2)n1. The standard InChI is InChI=1S/C27H26F3N5O3S/c1-18-14-24(35-11-9-34(10-12-35)20-5-2-4-19(15-20)27(28,29)30)33-26(32-18)39-17-22-7-8-23(38-22)25(36)31-16-21-6-3-13-37-21/h2-8,13-15H,9-12,16-17H2,1H3,(H,31,36). The Morgan fingerprint density at radius 1 is 1.00 bits per heavy atom. The first-order valence-corrected chi connectivity index (χ1v) is 13.3. The van der Waals surface area contributed by atoms with Gasteiger partial charge >= 0.3 is 6.18 Å². The molecule has 4 aromatic rings. The van der Waals surface area contributed by atoms with E-state index in [0.717, 1.165) is 17.6 Å². The molecular weight excluding hydrogens is 531 g/mol. The van der Waals surface area contributed by atoms with Gasteiger partial charge in [-0.05, 0) is 49.4 Å². The molecule has 1 aromatic carbocycles. The third-order valence-electron chi connectivity index (χ3n) is 6.19. The zero-order valence-corrected chi connectivity index (χ0v) is 21.9. The van der Waals surface area contributed by atoms with Gasteiger partial charge in [0.15, 0.2) is 10.9 Å². The molecule has 8 nitrogen and oxygen atoms in total. The summed E-state index contributed by atoms with van der Waals surface area (Å²) in [4.78, 5) is 25.6. The Balaban J connectivity index is 1.16. The van der Waals surface area contributed by atoms with Gasteiger partial charge in [0.25, 0.3) is 5.91 Å². The van der Waals surface area contributed by atoms with Crippen LogP contribution in [-0.2, 0) is 18.5 Å². The number of hydrogen-bond acceptors (Lipinski definition) is 8. The third kappa shape index (κ3) is 6.75. The number of nitrogens with one attached hydrogen (secondary N) is 1. The number of amides is 1. The number of benzene rings is 1. The second kappa shape index (κ2) is 11.4. The molecule has 4 heterocycles. The summed E-state index contributed by atoms with van der Waals surface area (Å²) in [6.07, 6.45) is -2.82. The Morgan fingerprint density at radius 2 is 1.79 bits per heavy atom. The van der Waals surface area contributed by atoms with Crippen LogP contribution in [0.2, 0.25) is 0 Å². The molecule has 1 amide bonds. The number of alkyl halides is 3. The summed E-state index contributed by atoms with van der Waals surface area (Å²) in [5, 5.41) is 3.32. The largest absolute Gasteiger partial charge is 0.467 e. The molecule has 0 spiro atoms. The first-order valence-electron chi connectivity index (χ1n) is 12.3. The van der Waals surface area contributed by atoms with Crippen LogP contribution in [0.15, 0.2) is 74.9 Å². The molecular formula is C27H26F3N5O3S. The lowest BCUT2D eigenvalue weighted by Crippen LogP contribution is -2.47. The number of anilines is 2. The van der Waals surface area contributed by atoms with E-state index in [1.807, 2.05) is 17.9 Å². The Kier molecular flexibility index (Phi) is 7.82. The number of carbonyl (C=O) groups is 1. The van der Waals surface area contributed by atoms with Gasteiger partial charge in [0, 0.05) is 43.6 Å². The molecule has 1 saturated heterocycles. The van der Waals surface area contributed by atoms with E-state index in [9.17, 15) is 18.0 Å². The number of aryl methyl sites for hydroxylation is 1. The molecule has 1 N–H and O–H groups in total. The highest BCUT2D eigenvalue weighted by atomic mass is 32.2. The van der Waals surface area contributed by atoms with Gasteiger partial charge in [0.1, 0.15) is 17.3 Å². The number of aromatic nitrogens is 2. The van der Waals surface area contributed by atoms with E-state index in [-0.39, 0.29) is 18.2 Å². The van der Waals surface area contributed by atoms with Gasteiger partial charge in [0.2, 0.25) is 0 Å². The molecule has 0 bridgehead atoms. The molecule has 0 atom stereocenters. The average Bonchev–Trinajstić information content (AvgIpc) is 3.63. The second-order valence-corrected chi connectivity index (χ2v) is 9.93. The predicted octanol–water partition coefficient (Wildman–Crippen LogP) is 5.54. The van der Waals surface area contributed by atoms with Crippen molar-refractivity contribution in [2.75, 3.05) is 36.0 Å².